The number of ether oxygens (including phenoxy) is 1. The Balaban J connectivity index is 2.13. The van der Waals surface area contributed by atoms with Gasteiger partial charge in [-0.3, -0.25) is 4.79 Å². The summed E-state index contributed by atoms with van der Waals surface area (Å²) in [5.74, 6) is -1.57. The predicted octanol–water partition coefficient (Wildman–Crippen LogP) is 3.46. The molecule has 2 aromatic rings. The molecule has 1 aliphatic carbocycles. The minimum Gasteiger partial charge on any atom is -0.465 e. The number of carbonyl (C=O) groups is 1. The van der Waals surface area contributed by atoms with Gasteiger partial charge >= 0.3 is 5.97 Å². The Kier molecular flexibility index (Phi) is 4.91. The van der Waals surface area contributed by atoms with E-state index in [0.29, 0.717) is 5.56 Å². The van der Waals surface area contributed by atoms with Gasteiger partial charge < -0.3 is 4.74 Å². The molecule has 0 aromatic heterocycles. The molecule has 0 unspecified atom stereocenters. The van der Waals surface area contributed by atoms with Gasteiger partial charge in [-0.05, 0) is 36.8 Å². The van der Waals surface area contributed by atoms with E-state index in [4.69, 9.17) is 4.74 Å². The van der Waals surface area contributed by atoms with Gasteiger partial charge in [-0.25, -0.2) is 8.42 Å². The van der Waals surface area contributed by atoms with E-state index in [2.05, 4.69) is 15.9 Å². The lowest BCUT2D eigenvalue weighted by atomic mass is 10.0. The van der Waals surface area contributed by atoms with Crippen molar-refractivity contribution >= 4 is 31.7 Å². The van der Waals surface area contributed by atoms with Gasteiger partial charge in [0.2, 0.25) is 0 Å². The summed E-state index contributed by atoms with van der Waals surface area (Å²) in [6.07, 6.45) is 0. The third-order valence-corrected chi connectivity index (χ3v) is 7.34. The fraction of sp³-hybridized carbons (Fsp3) is 0.263. The highest BCUT2D eigenvalue weighted by Crippen LogP contribution is 2.64. The van der Waals surface area contributed by atoms with Crippen LogP contribution in [-0.4, -0.2) is 26.2 Å². The van der Waals surface area contributed by atoms with Gasteiger partial charge in [0.1, 0.15) is 5.25 Å². The molecular formula is C19H16BrNO4S. The molecule has 0 bridgehead atoms. The van der Waals surface area contributed by atoms with E-state index in [-0.39, 0.29) is 11.5 Å². The highest BCUT2D eigenvalue weighted by Gasteiger charge is 2.77. The molecule has 3 rings (SSSR count). The van der Waals surface area contributed by atoms with E-state index in [1.807, 2.05) is 6.07 Å². The molecule has 1 saturated carbocycles. The molecule has 0 saturated heterocycles. The van der Waals surface area contributed by atoms with Crippen LogP contribution in [0, 0.1) is 16.7 Å². The van der Waals surface area contributed by atoms with Gasteiger partial charge in [-0.1, -0.05) is 46.3 Å². The van der Waals surface area contributed by atoms with Crippen LogP contribution in [-0.2, 0) is 19.4 Å². The second-order valence-electron chi connectivity index (χ2n) is 6.01. The Morgan fingerprint density at radius 1 is 1.19 bits per heavy atom. The summed E-state index contributed by atoms with van der Waals surface area (Å²) >= 11 is 3.33. The zero-order valence-electron chi connectivity index (χ0n) is 13.9. The number of sulfone groups is 1. The number of nitrogens with zero attached hydrogens (tertiary/aromatic N) is 1. The maximum Gasteiger partial charge on any atom is 0.328 e. The van der Waals surface area contributed by atoms with E-state index in [1.165, 1.54) is 12.1 Å². The molecule has 5 nitrogen and oxygen atoms in total. The van der Waals surface area contributed by atoms with Crippen LogP contribution < -0.4 is 0 Å². The zero-order chi connectivity index (χ0) is 18.9. The van der Waals surface area contributed by atoms with Gasteiger partial charge in [0.05, 0.1) is 17.6 Å². The van der Waals surface area contributed by atoms with Crippen molar-refractivity contribution in [2.75, 3.05) is 6.61 Å². The second-order valence-corrected chi connectivity index (χ2v) is 8.99. The van der Waals surface area contributed by atoms with Gasteiger partial charge in [0.25, 0.3) is 0 Å². The van der Waals surface area contributed by atoms with Crippen LogP contribution in [0.25, 0.3) is 0 Å². The van der Waals surface area contributed by atoms with Crippen molar-refractivity contribution in [2.45, 2.75) is 23.0 Å². The highest BCUT2D eigenvalue weighted by molar-refractivity contribution is 9.10. The molecule has 1 aliphatic rings. The number of nitriles is 1. The summed E-state index contributed by atoms with van der Waals surface area (Å²) < 4.78 is 32.2. The predicted molar refractivity (Wildman–Crippen MR) is 99.0 cm³/mol. The maximum absolute atomic E-state index is 13.2. The molecule has 0 N–H and O–H groups in total. The number of hydrogen-bond donors (Lipinski definition) is 0. The first-order valence-electron chi connectivity index (χ1n) is 8.02. The van der Waals surface area contributed by atoms with Crippen molar-refractivity contribution in [1.82, 2.24) is 0 Å². The standard InChI is InChI=1S/C19H16BrNO4S/c1-2-25-18(22)19(12-21)16(13-8-10-14(20)11-9-13)17(19)26(23,24)15-6-4-3-5-7-15/h3-11,16-17H,2H2,1H3/t16-,17-,19-/m1/s1. The van der Waals surface area contributed by atoms with Crippen molar-refractivity contribution in [3.8, 4) is 6.07 Å². The molecule has 0 heterocycles. The quantitative estimate of drug-likeness (QED) is 0.673. The normalized spacial score (nSPS) is 24.5. The Labute approximate surface area is 160 Å². The average molecular weight is 434 g/mol. The van der Waals surface area contributed by atoms with Gasteiger partial charge in [0.15, 0.2) is 15.3 Å². The molecule has 7 heteroatoms. The zero-order valence-corrected chi connectivity index (χ0v) is 16.3. The van der Waals surface area contributed by atoms with Crippen LogP contribution in [0.4, 0.5) is 0 Å². The first kappa shape index (κ1) is 18.6. The van der Waals surface area contributed by atoms with Crippen LogP contribution in [0.1, 0.15) is 18.4 Å². The van der Waals surface area contributed by atoms with Gasteiger partial charge in [-0.2, -0.15) is 5.26 Å². The molecule has 2 aromatic carbocycles. The van der Waals surface area contributed by atoms with E-state index >= 15 is 0 Å². The van der Waals surface area contributed by atoms with Gasteiger partial charge in [-0.15, -0.1) is 0 Å². The number of esters is 1. The van der Waals surface area contributed by atoms with Crippen molar-refractivity contribution in [3.05, 3.63) is 64.6 Å². The molecule has 0 radical (unpaired) electrons. The molecule has 3 atom stereocenters. The van der Waals surface area contributed by atoms with Crippen LogP contribution in [0.3, 0.4) is 0 Å². The summed E-state index contributed by atoms with van der Waals surface area (Å²) in [4.78, 5) is 12.7. The van der Waals surface area contributed by atoms with Crippen molar-refractivity contribution < 1.29 is 17.9 Å². The lowest BCUT2D eigenvalue weighted by Gasteiger charge is -2.09. The first-order chi connectivity index (χ1) is 12.4. The highest BCUT2D eigenvalue weighted by atomic mass is 79.9. The Morgan fingerprint density at radius 3 is 2.35 bits per heavy atom. The minimum atomic E-state index is -3.89. The van der Waals surface area contributed by atoms with E-state index < -0.39 is 32.4 Å². The van der Waals surface area contributed by atoms with Crippen molar-refractivity contribution in [1.29, 1.82) is 5.26 Å². The SMILES string of the molecule is CCOC(=O)[C@]1(C#N)[C@H](c2ccc(Br)cc2)[C@H]1S(=O)(=O)c1ccccc1. The number of rotatable bonds is 5. The number of carbonyl (C=O) groups excluding carboxylic acids is 1. The molecule has 26 heavy (non-hydrogen) atoms. The van der Waals surface area contributed by atoms with Crippen molar-refractivity contribution in [2.24, 2.45) is 5.41 Å². The van der Waals surface area contributed by atoms with Crippen molar-refractivity contribution in [3.63, 3.8) is 0 Å². The number of halogens is 1. The van der Waals surface area contributed by atoms with Crippen LogP contribution in [0.15, 0.2) is 64.0 Å². The smallest absolute Gasteiger partial charge is 0.328 e. The summed E-state index contributed by atoms with van der Waals surface area (Å²) in [6.45, 7) is 1.70. The topological polar surface area (TPSA) is 84.2 Å². The monoisotopic (exact) mass is 433 g/mol. The fourth-order valence-corrected chi connectivity index (χ4v) is 5.85. The molecule has 0 amide bonds. The maximum atomic E-state index is 13.2. The first-order valence-corrected chi connectivity index (χ1v) is 10.4. The lowest BCUT2D eigenvalue weighted by molar-refractivity contribution is -0.147. The van der Waals surface area contributed by atoms with E-state index in [0.717, 1.165) is 4.47 Å². The van der Waals surface area contributed by atoms with Crippen LogP contribution in [0.2, 0.25) is 0 Å². The third-order valence-electron chi connectivity index (χ3n) is 4.57. The summed E-state index contributed by atoms with van der Waals surface area (Å²) in [6, 6.07) is 16.8. The minimum absolute atomic E-state index is 0.0768. The lowest BCUT2D eigenvalue weighted by Crippen LogP contribution is -2.25. The van der Waals surface area contributed by atoms with Crippen LogP contribution in [0.5, 0.6) is 0 Å². The van der Waals surface area contributed by atoms with E-state index in [9.17, 15) is 18.5 Å². The molecule has 0 spiro atoms. The average Bonchev–Trinajstić information content (AvgIpc) is 3.35. The fourth-order valence-electron chi connectivity index (χ4n) is 3.32. The summed E-state index contributed by atoms with van der Waals surface area (Å²) in [5, 5.41) is 8.62. The van der Waals surface area contributed by atoms with Crippen LogP contribution >= 0.6 is 15.9 Å². The summed E-state index contributed by atoms with van der Waals surface area (Å²) in [5.41, 5.74) is -1.12. The number of hydrogen-bond acceptors (Lipinski definition) is 5. The molecule has 1 fully saturated rings. The molecular weight excluding hydrogens is 418 g/mol. The molecule has 134 valence electrons. The summed E-state index contributed by atoms with van der Waals surface area (Å²) in [7, 11) is -3.89. The van der Waals surface area contributed by atoms with E-state index in [1.54, 1.807) is 49.4 Å². The third kappa shape index (κ3) is 2.83. The Hall–Kier alpha value is -2.17. The Bertz CT molecular complexity index is 967. The molecule has 0 aliphatic heterocycles. The largest absolute Gasteiger partial charge is 0.465 e. The number of benzene rings is 2. The second kappa shape index (κ2) is 6.86. The van der Waals surface area contributed by atoms with Gasteiger partial charge in [0, 0.05) is 10.4 Å². The Morgan fingerprint density at radius 2 is 1.81 bits per heavy atom.